The molecule has 2 atom stereocenters. The number of hydrogen-bond acceptors (Lipinski definition) is 6. The number of benzene rings is 3. The fourth-order valence-electron chi connectivity index (χ4n) is 4.61. The zero-order valence-electron chi connectivity index (χ0n) is 19.7. The summed E-state index contributed by atoms with van der Waals surface area (Å²) in [5.41, 5.74) is 0.0356. The van der Waals surface area contributed by atoms with Gasteiger partial charge in [-0.3, -0.25) is 4.79 Å². The second kappa shape index (κ2) is 9.71. The lowest BCUT2D eigenvalue weighted by atomic mass is 10.1. The zero-order chi connectivity index (χ0) is 27.1. The predicted molar refractivity (Wildman–Crippen MR) is 137 cm³/mol. The van der Waals surface area contributed by atoms with Crippen molar-refractivity contribution in [3.05, 3.63) is 107 Å². The van der Waals surface area contributed by atoms with E-state index >= 15 is 0 Å². The highest BCUT2D eigenvalue weighted by Crippen LogP contribution is 2.57. The molecule has 38 heavy (non-hydrogen) atoms. The minimum absolute atomic E-state index is 0.0361. The molecule has 0 spiro atoms. The molecule has 1 aliphatic rings. The minimum atomic E-state index is -4.40. The van der Waals surface area contributed by atoms with Crippen molar-refractivity contribution < 1.29 is 32.7 Å². The van der Waals surface area contributed by atoms with E-state index in [0.717, 1.165) is 21.5 Å². The van der Waals surface area contributed by atoms with Crippen LogP contribution in [0.3, 0.4) is 0 Å². The van der Waals surface area contributed by atoms with Crippen LogP contribution < -0.4 is 0 Å². The molecule has 4 aromatic rings. The molecule has 2 N–H and O–H groups in total. The van der Waals surface area contributed by atoms with Crippen molar-refractivity contribution in [2.24, 2.45) is 0 Å². The van der Waals surface area contributed by atoms with Gasteiger partial charge in [0.15, 0.2) is 11.5 Å². The van der Waals surface area contributed by atoms with Crippen LogP contribution in [0, 0.1) is 0 Å². The van der Waals surface area contributed by atoms with Crippen LogP contribution in [0.25, 0.3) is 11.1 Å². The molecular formula is C27H21ClN2O7S. The van der Waals surface area contributed by atoms with Gasteiger partial charge in [-0.05, 0) is 47.4 Å². The van der Waals surface area contributed by atoms with Gasteiger partial charge in [-0.1, -0.05) is 71.4 Å². The molecule has 0 amide bonds. The maximum Gasteiger partial charge on any atom is 0.358 e. The summed E-state index contributed by atoms with van der Waals surface area (Å²) >= 11 is 5.96. The van der Waals surface area contributed by atoms with Crippen LogP contribution in [-0.2, 0) is 21.4 Å². The summed E-state index contributed by atoms with van der Waals surface area (Å²) in [5, 5.41) is 23.6. The molecule has 9 nitrogen and oxygen atoms in total. The van der Waals surface area contributed by atoms with Crippen molar-refractivity contribution in [1.82, 2.24) is 9.46 Å². The Morgan fingerprint density at radius 2 is 1.58 bits per heavy atom. The number of aromatic carboxylic acids is 1. The van der Waals surface area contributed by atoms with Crippen LogP contribution in [0.2, 0.25) is 5.02 Å². The lowest BCUT2D eigenvalue weighted by Gasteiger charge is -2.28. The molecule has 1 saturated carbocycles. The molecule has 11 heteroatoms. The molecular weight excluding hydrogens is 532 g/mol. The summed E-state index contributed by atoms with van der Waals surface area (Å²) in [4.78, 5) is 23.9. The average Bonchev–Trinajstić information content (AvgIpc) is 3.49. The Bertz CT molecular complexity index is 1600. The molecule has 3 aromatic carbocycles. The summed E-state index contributed by atoms with van der Waals surface area (Å²) in [6, 6.07) is 23.0. The first-order chi connectivity index (χ1) is 18.1. The molecule has 1 heterocycles. The van der Waals surface area contributed by atoms with Gasteiger partial charge in [0.1, 0.15) is 5.54 Å². The van der Waals surface area contributed by atoms with E-state index in [1.165, 1.54) is 12.1 Å². The van der Waals surface area contributed by atoms with E-state index < -0.39 is 45.7 Å². The topological polar surface area (TPSA) is 138 Å². The smallest absolute Gasteiger partial charge is 0.358 e. The maximum absolute atomic E-state index is 14.0. The molecule has 1 fully saturated rings. The second-order valence-corrected chi connectivity index (χ2v) is 11.2. The van der Waals surface area contributed by atoms with Crippen LogP contribution in [0.15, 0.2) is 94.3 Å². The third-order valence-corrected chi connectivity index (χ3v) is 8.80. The van der Waals surface area contributed by atoms with Gasteiger partial charge in [-0.25, -0.2) is 13.2 Å². The number of hydrogen-bond donors (Lipinski definition) is 2. The molecule has 0 aliphatic heterocycles. The van der Waals surface area contributed by atoms with Gasteiger partial charge in [-0.15, -0.1) is 0 Å². The zero-order valence-corrected chi connectivity index (χ0v) is 21.3. The number of aromatic nitrogens is 1. The predicted octanol–water partition coefficient (Wildman–Crippen LogP) is 4.90. The molecule has 0 radical (unpaired) electrons. The highest BCUT2D eigenvalue weighted by Gasteiger charge is 2.68. The lowest BCUT2D eigenvalue weighted by molar-refractivity contribution is -0.143. The van der Waals surface area contributed by atoms with E-state index in [1.807, 2.05) is 0 Å². The molecule has 0 bridgehead atoms. The number of rotatable bonds is 9. The second-order valence-electron chi connectivity index (χ2n) is 8.92. The Morgan fingerprint density at radius 1 is 0.974 bits per heavy atom. The molecule has 5 rings (SSSR count). The SMILES string of the molecule is O=C(O)c1cc(CN([C@]2(C(=O)O)C[C@H]2c2ccccc2)S(=O)(=O)c2ccc(-c3ccc(Cl)cc3)cc2)on1. The van der Waals surface area contributed by atoms with Crippen LogP contribution in [-0.4, -0.2) is 45.6 Å². The maximum atomic E-state index is 14.0. The van der Waals surface area contributed by atoms with Gasteiger partial charge in [0, 0.05) is 17.0 Å². The van der Waals surface area contributed by atoms with Crippen molar-refractivity contribution in [2.75, 3.05) is 0 Å². The third kappa shape index (κ3) is 4.58. The fourth-order valence-corrected chi connectivity index (χ4v) is 6.48. The van der Waals surface area contributed by atoms with E-state index in [2.05, 4.69) is 5.16 Å². The quantitative estimate of drug-likeness (QED) is 0.299. The third-order valence-electron chi connectivity index (χ3n) is 6.65. The van der Waals surface area contributed by atoms with E-state index in [9.17, 15) is 28.2 Å². The number of carbonyl (C=O) groups is 2. The summed E-state index contributed by atoms with van der Waals surface area (Å²) in [6.07, 6.45) is 0.0361. The summed E-state index contributed by atoms with van der Waals surface area (Å²) in [5.74, 6) is -3.38. The van der Waals surface area contributed by atoms with Crippen molar-refractivity contribution in [3.8, 4) is 11.1 Å². The van der Waals surface area contributed by atoms with Crippen molar-refractivity contribution >= 4 is 33.6 Å². The van der Waals surface area contributed by atoms with Gasteiger partial charge in [0.25, 0.3) is 0 Å². The Morgan fingerprint density at radius 3 is 2.13 bits per heavy atom. The summed E-state index contributed by atoms with van der Waals surface area (Å²) < 4.78 is 34.0. The van der Waals surface area contributed by atoms with E-state index in [0.29, 0.717) is 10.6 Å². The molecule has 1 aromatic heterocycles. The standard InChI is InChI=1S/C27H21ClN2O7S/c28-20-10-6-17(7-11-20)18-8-12-22(13-9-18)38(35,36)30(16-21-14-24(25(31)32)29-37-21)27(26(33)34)15-23(27)19-4-2-1-3-5-19/h1-14,23H,15-16H2,(H,31,32)(H,33,34)/t23-,27+/m0/s1. The number of sulfonamides is 1. The van der Waals surface area contributed by atoms with Crippen molar-refractivity contribution in [1.29, 1.82) is 0 Å². The Kier molecular flexibility index (Phi) is 6.56. The van der Waals surface area contributed by atoms with Gasteiger partial charge >= 0.3 is 11.9 Å². The first-order valence-electron chi connectivity index (χ1n) is 11.5. The highest BCUT2D eigenvalue weighted by molar-refractivity contribution is 7.89. The number of aliphatic carboxylic acids is 1. The van der Waals surface area contributed by atoms with Gasteiger partial charge < -0.3 is 14.7 Å². The molecule has 1 aliphatic carbocycles. The number of carboxylic acid groups (broad SMARTS) is 2. The highest BCUT2D eigenvalue weighted by atomic mass is 35.5. The van der Waals surface area contributed by atoms with E-state index in [-0.39, 0.29) is 17.1 Å². The Labute approximate surface area is 222 Å². The summed E-state index contributed by atoms with van der Waals surface area (Å²) in [7, 11) is -4.40. The number of nitrogens with zero attached hydrogens (tertiary/aromatic N) is 2. The van der Waals surface area contributed by atoms with Gasteiger partial charge in [0.2, 0.25) is 10.0 Å². The van der Waals surface area contributed by atoms with E-state index in [4.69, 9.17) is 16.1 Å². The van der Waals surface area contributed by atoms with Gasteiger partial charge in [-0.2, -0.15) is 4.31 Å². The summed E-state index contributed by atoms with van der Waals surface area (Å²) in [6.45, 7) is -0.517. The lowest BCUT2D eigenvalue weighted by Crippen LogP contribution is -2.48. The van der Waals surface area contributed by atoms with Crippen molar-refractivity contribution in [3.63, 3.8) is 0 Å². The van der Waals surface area contributed by atoms with Crippen LogP contribution in [0.5, 0.6) is 0 Å². The van der Waals surface area contributed by atoms with E-state index in [1.54, 1.807) is 66.7 Å². The minimum Gasteiger partial charge on any atom is -0.480 e. The molecule has 0 saturated heterocycles. The molecule has 0 unspecified atom stereocenters. The normalized spacial score (nSPS) is 18.8. The van der Waals surface area contributed by atoms with Crippen LogP contribution in [0.4, 0.5) is 0 Å². The van der Waals surface area contributed by atoms with Gasteiger partial charge in [0.05, 0.1) is 11.4 Å². The first-order valence-corrected chi connectivity index (χ1v) is 13.3. The largest absolute Gasteiger partial charge is 0.480 e. The van der Waals surface area contributed by atoms with Crippen molar-refractivity contribution in [2.45, 2.75) is 29.3 Å². The average molecular weight is 553 g/mol. The fraction of sp³-hybridized carbons (Fsp3) is 0.148. The number of carboxylic acids is 2. The number of halogens is 1. The molecule has 194 valence electrons. The van der Waals surface area contributed by atoms with Crippen LogP contribution in [0.1, 0.15) is 34.2 Å². The Hall–Kier alpha value is -3.99. The van der Waals surface area contributed by atoms with Crippen LogP contribution >= 0.6 is 11.6 Å². The Balaban J connectivity index is 1.56. The first kappa shape index (κ1) is 25.7. The monoisotopic (exact) mass is 552 g/mol.